The zero-order valence-corrected chi connectivity index (χ0v) is 20.0. The molecule has 0 heterocycles. The molecule has 0 saturated heterocycles. The number of allylic oxidation sites excluding steroid dienone is 8. The first kappa shape index (κ1) is 28.8. The Morgan fingerprint density at radius 2 is 1.17 bits per heavy atom. The summed E-state index contributed by atoms with van der Waals surface area (Å²) < 4.78 is 5.33. The summed E-state index contributed by atoms with van der Waals surface area (Å²) in [4.78, 5) is 0. The summed E-state index contributed by atoms with van der Waals surface area (Å²) >= 11 is 0. The third-order valence-corrected chi connectivity index (χ3v) is 5.06. The molecular formula is C26H46O4. The second-order valence-electron chi connectivity index (χ2n) is 8.58. The third-order valence-electron chi connectivity index (χ3n) is 5.06. The highest BCUT2D eigenvalue weighted by Gasteiger charge is 2.14. The van der Waals surface area contributed by atoms with Crippen LogP contribution < -0.4 is 0 Å². The van der Waals surface area contributed by atoms with Crippen molar-refractivity contribution in [1.29, 1.82) is 0 Å². The number of hydrogen-bond donors (Lipinski definition) is 3. The van der Waals surface area contributed by atoms with E-state index >= 15 is 0 Å². The van der Waals surface area contributed by atoms with Crippen LogP contribution in [0.25, 0.3) is 0 Å². The van der Waals surface area contributed by atoms with Crippen LogP contribution in [0.15, 0.2) is 46.6 Å². The van der Waals surface area contributed by atoms with Gasteiger partial charge in [0.05, 0.1) is 13.2 Å². The summed E-state index contributed by atoms with van der Waals surface area (Å²) in [6, 6.07) is 0. The van der Waals surface area contributed by atoms with Gasteiger partial charge in [-0.05, 0) is 86.0 Å². The molecule has 2 atom stereocenters. The van der Waals surface area contributed by atoms with E-state index in [1.54, 1.807) is 0 Å². The van der Waals surface area contributed by atoms with Gasteiger partial charge in [0.2, 0.25) is 0 Å². The van der Waals surface area contributed by atoms with E-state index < -0.39 is 18.8 Å². The number of ether oxygens (including phenoxy) is 1. The molecule has 0 aliphatic carbocycles. The minimum Gasteiger partial charge on any atom is -0.394 e. The Morgan fingerprint density at radius 1 is 0.700 bits per heavy atom. The average Bonchev–Trinajstić information content (AvgIpc) is 2.69. The smallest absolute Gasteiger partial charge is 0.105 e. The molecule has 0 aromatic carbocycles. The van der Waals surface area contributed by atoms with Gasteiger partial charge < -0.3 is 20.1 Å². The maximum Gasteiger partial charge on any atom is 0.105 e. The number of aliphatic hydroxyl groups excluding tert-OH is 3. The van der Waals surface area contributed by atoms with Gasteiger partial charge in [-0.2, -0.15) is 0 Å². The molecule has 0 rings (SSSR count). The zero-order chi connectivity index (χ0) is 22.8. The predicted molar refractivity (Wildman–Crippen MR) is 128 cm³/mol. The summed E-state index contributed by atoms with van der Waals surface area (Å²) in [6.45, 7) is 11.1. The van der Waals surface area contributed by atoms with Crippen LogP contribution in [0.2, 0.25) is 0 Å². The first-order valence-corrected chi connectivity index (χ1v) is 11.4. The molecule has 0 fully saturated rings. The van der Waals surface area contributed by atoms with Gasteiger partial charge >= 0.3 is 0 Å². The van der Waals surface area contributed by atoms with Crippen molar-refractivity contribution in [3.8, 4) is 0 Å². The van der Waals surface area contributed by atoms with Crippen molar-refractivity contribution >= 4 is 0 Å². The summed E-state index contributed by atoms with van der Waals surface area (Å²) in [5.41, 5.74) is 5.74. The predicted octanol–water partition coefficient (Wildman–Crippen LogP) is 5.64. The number of rotatable bonds is 17. The molecule has 30 heavy (non-hydrogen) atoms. The molecule has 4 nitrogen and oxygen atoms in total. The maximum absolute atomic E-state index is 9.48. The quantitative estimate of drug-likeness (QED) is 0.209. The third kappa shape index (κ3) is 17.6. The Balaban J connectivity index is 3.89. The Kier molecular flexibility index (Phi) is 17.8. The largest absolute Gasteiger partial charge is 0.394 e. The van der Waals surface area contributed by atoms with E-state index in [-0.39, 0.29) is 6.61 Å². The van der Waals surface area contributed by atoms with Gasteiger partial charge in [-0.1, -0.05) is 46.6 Å². The summed E-state index contributed by atoms with van der Waals surface area (Å²) in [7, 11) is 0. The lowest BCUT2D eigenvalue weighted by atomic mass is 10.0. The molecule has 0 aliphatic rings. The Morgan fingerprint density at radius 3 is 1.63 bits per heavy atom. The molecule has 0 unspecified atom stereocenters. The van der Waals surface area contributed by atoms with E-state index in [4.69, 9.17) is 9.84 Å². The van der Waals surface area contributed by atoms with Crippen molar-refractivity contribution in [2.24, 2.45) is 0 Å². The Bertz CT molecular complexity index is 553. The second kappa shape index (κ2) is 18.6. The van der Waals surface area contributed by atoms with Gasteiger partial charge in [-0.3, -0.25) is 0 Å². The van der Waals surface area contributed by atoms with Crippen LogP contribution in [0, 0.1) is 0 Å². The summed E-state index contributed by atoms with van der Waals surface area (Å²) in [5, 5.41) is 27.5. The van der Waals surface area contributed by atoms with Crippen LogP contribution in [0.1, 0.15) is 86.0 Å². The fraction of sp³-hybridized carbons (Fsp3) is 0.692. The highest BCUT2D eigenvalue weighted by molar-refractivity contribution is 5.07. The fourth-order valence-corrected chi connectivity index (χ4v) is 2.96. The van der Waals surface area contributed by atoms with Crippen molar-refractivity contribution in [2.45, 2.75) is 98.2 Å². The zero-order valence-electron chi connectivity index (χ0n) is 20.0. The second-order valence-corrected chi connectivity index (χ2v) is 8.58. The van der Waals surface area contributed by atoms with Gasteiger partial charge in [-0.25, -0.2) is 0 Å². The fourth-order valence-electron chi connectivity index (χ4n) is 2.96. The lowest BCUT2D eigenvalue weighted by Gasteiger charge is -2.15. The SMILES string of the molecule is CC(C)=CCCC(C)=CCCC(C)=CCCC(C)=CCCCOC[C@H](O)[C@H](O)CO. The van der Waals surface area contributed by atoms with E-state index in [1.807, 2.05) is 0 Å². The average molecular weight is 423 g/mol. The van der Waals surface area contributed by atoms with Gasteiger partial charge in [-0.15, -0.1) is 0 Å². The summed E-state index contributed by atoms with van der Waals surface area (Å²) in [5.74, 6) is 0. The number of hydrogen-bond acceptors (Lipinski definition) is 4. The van der Waals surface area contributed by atoms with Crippen LogP contribution in [0.3, 0.4) is 0 Å². The van der Waals surface area contributed by atoms with Crippen LogP contribution >= 0.6 is 0 Å². The van der Waals surface area contributed by atoms with E-state index in [2.05, 4.69) is 58.9 Å². The summed E-state index contributed by atoms with van der Waals surface area (Å²) in [6.07, 6.45) is 15.7. The lowest BCUT2D eigenvalue weighted by Crippen LogP contribution is -2.33. The molecule has 0 aliphatic heterocycles. The Labute approximate surface area is 185 Å². The minimum absolute atomic E-state index is 0.0542. The van der Waals surface area contributed by atoms with Crippen molar-refractivity contribution in [1.82, 2.24) is 0 Å². The molecule has 0 spiro atoms. The molecule has 3 N–H and O–H groups in total. The topological polar surface area (TPSA) is 69.9 Å². The normalized spacial score (nSPS) is 15.3. The van der Waals surface area contributed by atoms with E-state index in [1.165, 1.54) is 22.3 Å². The van der Waals surface area contributed by atoms with Gasteiger partial charge in [0.1, 0.15) is 12.2 Å². The van der Waals surface area contributed by atoms with E-state index in [0.29, 0.717) is 6.61 Å². The Hall–Kier alpha value is -1.20. The number of aliphatic hydroxyl groups is 3. The highest BCUT2D eigenvalue weighted by Crippen LogP contribution is 2.14. The van der Waals surface area contributed by atoms with Crippen LogP contribution in [-0.4, -0.2) is 47.3 Å². The molecule has 0 radical (unpaired) electrons. The molecular weight excluding hydrogens is 376 g/mol. The van der Waals surface area contributed by atoms with Crippen molar-refractivity contribution in [3.05, 3.63) is 46.6 Å². The lowest BCUT2D eigenvalue weighted by molar-refractivity contribution is -0.0568. The van der Waals surface area contributed by atoms with Gasteiger partial charge in [0, 0.05) is 6.61 Å². The van der Waals surface area contributed by atoms with Crippen LogP contribution in [0.4, 0.5) is 0 Å². The first-order chi connectivity index (χ1) is 14.3. The molecule has 0 amide bonds. The van der Waals surface area contributed by atoms with Crippen LogP contribution in [-0.2, 0) is 4.74 Å². The number of unbranched alkanes of at least 4 members (excludes halogenated alkanes) is 1. The minimum atomic E-state index is -1.13. The van der Waals surface area contributed by atoms with Crippen molar-refractivity contribution in [3.63, 3.8) is 0 Å². The van der Waals surface area contributed by atoms with Gasteiger partial charge in [0.25, 0.3) is 0 Å². The molecule has 174 valence electrons. The van der Waals surface area contributed by atoms with E-state index in [0.717, 1.165) is 51.4 Å². The van der Waals surface area contributed by atoms with Crippen molar-refractivity contribution < 1.29 is 20.1 Å². The standard InChI is InChI=1S/C26H46O4/c1-21(2)11-8-13-23(4)15-10-17-24(5)16-9-14-22(3)12-6-7-18-30-20-26(29)25(28)19-27/h11-12,15-16,25-29H,6-10,13-14,17-20H2,1-5H3/t25-,26+/m1/s1. The van der Waals surface area contributed by atoms with E-state index in [9.17, 15) is 10.2 Å². The van der Waals surface area contributed by atoms with Gasteiger partial charge in [0.15, 0.2) is 0 Å². The monoisotopic (exact) mass is 422 g/mol. The molecule has 0 aromatic heterocycles. The van der Waals surface area contributed by atoms with Crippen molar-refractivity contribution in [2.75, 3.05) is 19.8 Å². The first-order valence-electron chi connectivity index (χ1n) is 11.4. The maximum atomic E-state index is 9.48. The molecule has 0 aromatic rings. The highest BCUT2D eigenvalue weighted by atomic mass is 16.5. The molecule has 0 saturated carbocycles. The molecule has 0 bridgehead atoms. The molecule has 4 heteroatoms. The van der Waals surface area contributed by atoms with Crippen LogP contribution in [0.5, 0.6) is 0 Å².